The standard InChI is InChI=1S/C17H25N7O4S/c1-29-3-2-13(23-15(25)12(18)4-10-6-19-8-21-10)16(26)24-14(17(27)28)5-11-7-20-9-22-11/h6-9,12-14H,2-5,18H2,1H3,(H,19,21)(H,20,22)(H,23,25)(H,24,26)(H,27,28)/t12-,13-,14-/m0/s1. The third kappa shape index (κ3) is 7.23. The summed E-state index contributed by atoms with van der Waals surface area (Å²) >= 11 is 1.51. The first-order valence-electron chi connectivity index (χ1n) is 8.93. The molecule has 0 radical (unpaired) electrons. The van der Waals surface area contributed by atoms with Crippen LogP contribution in [0.2, 0.25) is 0 Å². The van der Waals surface area contributed by atoms with Crippen LogP contribution in [0.3, 0.4) is 0 Å². The molecule has 0 bridgehead atoms. The molecule has 0 aliphatic carbocycles. The first-order chi connectivity index (χ1) is 13.9. The van der Waals surface area contributed by atoms with Gasteiger partial charge in [-0.05, 0) is 18.4 Å². The first-order valence-corrected chi connectivity index (χ1v) is 10.3. The van der Waals surface area contributed by atoms with Crippen LogP contribution in [0.1, 0.15) is 17.8 Å². The number of amides is 2. The van der Waals surface area contributed by atoms with Gasteiger partial charge in [0.25, 0.3) is 0 Å². The van der Waals surface area contributed by atoms with E-state index in [4.69, 9.17) is 5.73 Å². The van der Waals surface area contributed by atoms with E-state index >= 15 is 0 Å². The number of H-pyrrole nitrogens is 2. The number of nitrogens with one attached hydrogen (secondary N) is 4. The van der Waals surface area contributed by atoms with Gasteiger partial charge in [0.05, 0.1) is 18.7 Å². The minimum atomic E-state index is -1.18. The normalized spacial score (nSPS) is 14.0. The van der Waals surface area contributed by atoms with E-state index in [1.807, 2.05) is 6.26 Å². The van der Waals surface area contributed by atoms with E-state index in [0.29, 0.717) is 23.6 Å². The van der Waals surface area contributed by atoms with E-state index in [2.05, 4.69) is 30.6 Å². The molecule has 2 amide bonds. The van der Waals surface area contributed by atoms with Gasteiger partial charge in [0.1, 0.15) is 12.1 Å². The summed E-state index contributed by atoms with van der Waals surface area (Å²) in [6.45, 7) is 0. The van der Waals surface area contributed by atoms with Crippen molar-refractivity contribution in [2.24, 2.45) is 5.73 Å². The average Bonchev–Trinajstić information content (AvgIpc) is 3.38. The molecule has 0 spiro atoms. The second kappa shape index (κ2) is 11.2. The molecular weight excluding hydrogens is 398 g/mol. The van der Waals surface area contributed by atoms with E-state index in [-0.39, 0.29) is 12.8 Å². The maximum Gasteiger partial charge on any atom is 0.326 e. The zero-order valence-corrected chi connectivity index (χ0v) is 16.7. The molecule has 0 unspecified atom stereocenters. The van der Waals surface area contributed by atoms with Crippen LogP contribution >= 0.6 is 11.8 Å². The molecule has 2 rings (SSSR count). The van der Waals surface area contributed by atoms with E-state index < -0.39 is 35.9 Å². The number of carbonyl (C=O) groups excluding carboxylic acids is 2. The smallest absolute Gasteiger partial charge is 0.326 e. The Bertz CT molecular complexity index is 782. The van der Waals surface area contributed by atoms with Gasteiger partial charge in [0.15, 0.2) is 0 Å². The molecule has 7 N–H and O–H groups in total. The Morgan fingerprint density at radius 3 is 2.17 bits per heavy atom. The SMILES string of the molecule is CSCC[C@H](NC(=O)[C@@H](N)Cc1cnc[nH]1)C(=O)N[C@@H](Cc1cnc[nH]1)C(=O)O. The van der Waals surface area contributed by atoms with E-state index in [1.54, 1.807) is 6.20 Å². The summed E-state index contributed by atoms with van der Waals surface area (Å²) in [5, 5.41) is 14.5. The van der Waals surface area contributed by atoms with Crippen LogP contribution in [-0.2, 0) is 27.2 Å². The van der Waals surface area contributed by atoms with Crippen LogP contribution in [0.4, 0.5) is 0 Å². The van der Waals surface area contributed by atoms with Crippen molar-refractivity contribution < 1.29 is 19.5 Å². The molecule has 0 saturated carbocycles. The molecule has 29 heavy (non-hydrogen) atoms. The summed E-state index contributed by atoms with van der Waals surface area (Å²) < 4.78 is 0. The van der Waals surface area contributed by atoms with Gasteiger partial charge >= 0.3 is 5.97 Å². The molecule has 0 saturated heterocycles. The highest BCUT2D eigenvalue weighted by Gasteiger charge is 2.28. The van der Waals surface area contributed by atoms with Crippen LogP contribution in [0.5, 0.6) is 0 Å². The van der Waals surface area contributed by atoms with Gasteiger partial charge in [0.2, 0.25) is 11.8 Å². The molecule has 3 atom stereocenters. The monoisotopic (exact) mass is 423 g/mol. The van der Waals surface area contributed by atoms with Crippen molar-refractivity contribution in [3.63, 3.8) is 0 Å². The predicted molar refractivity (Wildman–Crippen MR) is 107 cm³/mol. The number of carboxylic acid groups (broad SMARTS) is 1. The molecule has 11 nitrogen and oxygen atoms in total. The van der Waals surface area contributed by atoms with Crippen molar-refractivity contribution >= 4 is 29.5 Å². The lowest BCUT2D eigenvalue weighted by atomic mass is 10.1. The summed E-state index contributed by atoms with van der Waals surface area (Å²) in [6.07, 6.45) is 8.47. The van der Waals surface area contributed by atoms with Gasteiger partial charge in [-0.2, -0.15) is 11.8 Å². The number of carboxylic acids is 1. The Hall–Kier alpha value is -2.86. The third-order valence-corrected chi connectivity index (χ3v) is 4.81. The maximum absolute atomic E-state index is 12.7. The van der Waals surface area contributed by atoms with Gasteiger partial charge in [0, 0.05) is 36.6 Å². The summed E-state index contributed by atoms with van der Waals surface area (Å²) in [5.74, 6) is -1.65. The fourth-order valence-electron chi connectivity index (χ4n) is 2.60. The quantitative estimate of drug-likeness (QED) is 0.253. The number of thioether (sulfide) groups is 1. The highest BCUT2D eigenvalue weighted by molar-refractivity contribution is 7.98. The lowest BCUT2D eigenvalue weighted by molar-refractivity contribution is -0.142. The molecule has 0 fully saturated rings. The Labute approximate surface area is 171 Å². The Kier molecular flexibility index (Phi) is 8.68. The van der Waals surface area contributed by atoms with E-state index in [0.717, 1.165) is 0 Å². The van der Waals surface area contributed by atoms with Crippen molar-refractivity contribution in [1.82, 2.24) is 30.6 Å². The number of hydrogen-bond acceptors (Lipinski definition) is 7. The van der Waals surface area contributed by atoms with Gasteiger partial charge in [-0.1, -0.05) is 0 Å². The summed E-state index contributed by atoms with van der Waals surface area (Å²) in [4.78, 5) is 50.0. The number of rotatable bonds is 12. The molecular formula is C17H25N7O4S. The van der Waals surface area contributed by atoms with E-state index in [1.165, 1.54) is 30.6 Å². The average molecular weight is 423 g/mol. The van der Waals surface area contributed by atoms with Crippen LogP contribution in [0.25, 0.3) is 0 Å². The Morgan fingerprint density at radius 2 is 1.66 bits per heavy atom. The van der Waals surface area contributed by atoms with Crippen molar-refractivity contribution in [2.75, 3.05) is 12.0 Å². The fourth-order valence-corrected chi connectivity index (χ4v) is 3.07. The molecule has 2 aromatic rings. The molecule has 158 valence electrons. The molecule has 12 heteroatoms. The summed E-state index contributed by atoms with van der Waals surface area (Å²) in [6, 6.07) is -2.93. The van der Waals surface area contributed by atoms with Crippen LogP contribution in [0, 0.1) is 0 Å². The minimum Gasteiger partial charge on any atom is -0.480 e. The molecule has 2 aromatic heterocycles. The zero-order chi connectivity index (χ0) is 21.2. The first kappa shape index (κ1) is 22.4. The minimum absolute atomic E-state index is 0.0452. The lowest BCUT2D eigenvalue weighted by Gasteiger charge is -2.22. The number of hydrogen-bond donors (Lipinski definition) is 6. The molecule has 2 heterocycles. The second-order valence-corrected chi connectivity index (χ2v) is 7.40. The highest BCUT2D eigenvalue weighted by atomic mass is 32.2. The van der Waals surface area contributed by atoms with Crippen molar-refractivity contribution in [3.8, 4) is 0 Å². The van der Waals surface area contributed by atoms with Gasteiger partial charge in [-0.15, -0.1) is 0 Å². The Morgan fingerprint density at radius 1 is 1.07 bits per heavy atom. The van der Waals surface area contributed by atoms with E-state index in [9.17, 15) is 19.5 Å². The third-order valence-electron chi connectivity index (χ3n) is 4.17. The number of aromatic nitrogens is 4. The summed E-state index contributed by atoms with van der Waals surface area (Å²) in [5.41, 5.74) is 7.19. The van der Waals surface area contributed by atoms with Crippen LogP contribution in [-0.4, -0.2) is 73.0 Å². The van der Waals surface area contributed by atoms with Crippen molar-refractivity contribution in [3.05, 3.63) is 36.4 Å². The number of aromatic amines is 2. The summed E-state index contributed by atoms with van der Waals surface area (Å²) in [7, 11) is 0. The lowest BCUT2D eigenvalue weighted by Crippen LogP contribution is -2.55. The van der Waals surface area contributed by atoms with Crippen LogP contribution in [0.15, 0.2) is 25.0 Å². The molecule has 0 aromatic carbocycles. The fraction of sp³-hybridized carbons (Fsp3) is 0.471. The van der Waals surface area contributed by atoms with Gasteiger partial charge in [-0.3, -0.25) is 9.59 Å². The number of aliphatic carboxylic acids is 1. The largest absolute Gasteiger partial charge is 0.480 e. The van der Waals surface area contributed by atoms with Gasteiger partial charge < -0.3 is 31.4 Å². The Balaban J connectivity index is 1.99. The topological polar surface area (TPSA) is 179 Å². The molecule has 0 aliphatic heterocycles. The number of imidazole rings is 2. The second-order valence-electron chi connectivity index (χ2n) is 6.41. The van der Waals surface area contributed by atoms with Crippen molar-refractivity contribution in [2.45, 2.75) is 37.4 Å². The van der Waals surface area contributed by atoms with Gasteiger partial charge in [-0.25, -0.2) is 14.8 Å². The van der Waals surface area contributed by atoms with Crippen LogP contribution < -0.4 is 16.4 Å². The predicted octanol–water partition coefficient (Wildman–Crippen LogP) is -0.947. The number of nitrogens with two attached hydrogens (primary N) is 1. The molecule has 0 aliphatic rings. The number of carbonyl (C=O) groups is 3. The maximum atomic E-state index is 12.7. The highest BCUT2D eigenvalue weighted by Crippen LogP contribution is 2.05. The number of nitrogens with zero attached hydrogens (tertiary/aromatic N) is 2. The van der Waals surface area contributed by atoms with Crippen molar-refractivity contribution in [1.29, 1.82) is 0 Å². The zero-order valence-electron chi connectivity index (χ0n) is 15.9.